The maximum absolute atomic E-state index is 11.5. The molecule has 128 valence electrons. The van der Waals surface area contributed by atoms with Crippen molar-refractivity contribution < 1.29 is 4.79 Å². The van der Waals surface area contributed by atoms with E-state index in [1.165, 1.54) is 6.42 Å². The molecule has 1 aromatic carbocycles. The molecule has 1 aromatic heterocycles. The number of amides is 1. The number of piperidine rings is 1. The maximum Gasteiger partial charge on any atom is 0.259 e. The minimum absolute atomic E-state index is 0.0611. The number of benzene rings is 1. The third kappa shape index (κ3) is 3.41. The topological polar surface area (TPSA) is 87.9 Å². The molecule has 1 saturated heterocycles. The summed E-state index contributed by atoms with van der Waals surface area (Å²) in [5.41, 5.74) is 7.75. The molecule has 1 aliphatic rings. The van der Waals surface area contributed by atoms with Gasteiger partial charge in [-0.15, -0.1) is 0 Å². The van der Waals surface area contributed by atoms with E-state index in [0.29, 0.717) is 0 Å². The van der Waals surface area contributed by atoms with Gasteiger partial charge in [0.25, 0.3) is 5.91 Å². The number of hydrogen-bond acceptors (Lipinski definition) is 4. The number of aryl methyl sites for hydroxylation is 1. The van der Waals surface area contributed by atoms with Gasteiger partial charge in [0.05, 0.1) is 11.4 Å². The molecule has 1 fully saturated rings. The van der Waals surface area contributed by atoms with E-state index in [1.807, 2.05) is 48.0 Å². The molecule has 3 rings (SSSR count). The van der Waals surface area contributed by atoms with Gasteiger partial charge in [0.1, 0.15) is 17.5 Å². The van der Waals surface area contributed by atoms with Crippen LogP contribution in [0.2, 0.25) is 0 Å². The second kappa shape index (κ2) is 7.22. The van der Waals surface area contributed by atoms with Crippen LogP contribution in [0.25, 0.3) is 11.8 Å². The van der Waals surface area contributed by atoms with E-state index >= 15 is 0 Å². The van der Waals surface area contributed by atoms with E-state index in [4.69, 9.17) is 5.73 Å². The van der Waals surface area contributed by atoms with Gasteiger partial charge in [-0.05, 0) is 44.4 Å². The minimum Gasteiger partial charge on any atom is -0.365 e. The zero-order chi connectivity index (χ0) is 17.8. The Morgan fingerprint density at radius 3 is 2.52 bits per heavy atom. The highest BCUT2D eigenvalue weighted by Gasteiger charge is 2.23. The fourth-order valence-corrected chi connectivity index (χ4v) is 3.16. The van der Waals surface area contributed by atoms with E-state index in [0.717, 1.165) is 48.7 Å². The average molecular weight is 335 g/mol. The van der Waals surface area contributed by atoms with Crippen LogP contribution in [0.15, 0.2) is 35.9 Å². The van der Waals surface area contributed by atoms with Crippen LogP contribution in [0, 0.1) is 18.3 Å². The van der Waals surface area contributed by atoms with Gasteiger partial charge in [0.2, 0.25) is 0 Å². The first-order valence-electron chi connectivity index (χ1n) is 8.43. The van der Waals surface area contributed by atoms with Crippen LogP contribution in [-0.4, -0.2) is 28.8 Å². The molecule has 0 aliphatic carbocycles. The van der Waals surface area contributed by atoms with Gasteiger partial charge in [0, 0.05) is 18.7 Å². The molecule has 6 nitrogen and oxygen atoms in total. The lowest BCUT2D eigenvalue weighted by Gasteiger charge is -2.29. The lowest BCUT2D eigenvalue weighted by atomic mass is 10.1. The zero-order valence-electron chi connectivity index (χ0n) is 14.3. The normalized spacial score (nSPS) is 15.0. The third-order valence-corrected chi connectivity index (χ3v) is 4.41. The zero-order valence-corrected chi connectivity index (χ0v) is 14.3. The fourth-order valence-electron chi connectivity index (χ4n) is 3.16. The van der Waals surface area contributed by atoms with Gasteiger partial charge in [-0.1, -0.05) is 18.2 Å². The molecule has 0 saturated carbocycles. The van der Waals surface area contributed by atoms with Crippen LogP contribution in [-0.2, 0) is 4.79 Å². The van der Waals surface area contributed by atoms with Crippen LogP contribution in [0.3, 0.4) is 0 Å². The first-order valence-corrected chi connectivity index (χ1v) is 8.43. The van der Waals surface area contributed by atoms with Gasteiger partial charge < -0.3 is 10.6 Å². The van der Waals surface area contributed by atoms with Crippen LogP contribution in [0.1, 0.15) is 30.5 Å². The van der Waals surface area contributed by atoms with Gasteiger partial charge in [-0.3, -0.25) is 4.79 Å². The predicted molar refractivity (Wildman–Crippen MR) is 97.1 cm³/mol. The average Bonchev–Trinajstić information content (AvgIpc) is 2.97. The smallest absolute Gasteiger partial charge is 0.259 e. The van der Waals surface area contributed by atoms with E-state index in [9.17, 15) is 10.1 Å². The summed E-state index contributed by atoms with van der Waals surface area (Å²) in [4.78, 5) is 13.8. The number of hydrogen-bond donors (Lipinski definition) is 1. The summed E-state index contributed by atoms with van der Waals surface area (Å²) < 4.78 is 1.89. The lowest BCUT2D eigenvalue weighted by Crippen LogP contribution is -2.31. The number of nitrogens with two attached hydrogens (primary N) is 1. The van der Waals surface area contributed by atoms with Crippen molar-refractivity contribution in [3.05, 3.63) is 47.2 Å². The maximum atomic E-state index is 11.5. The molecule has 0 spiro atoms. The molecule has 25 heavy (non-hydrogen) atoms. The van der Waals surface area contributed by atoms with E-state index in [1.54, 1.807) is 6.08 Å². The van der Waals surface area contributed by atoms with Crippen molar-refractivity contribution in [1.29, 1.82) is 5.26 Å². The highest BCUT2D eigenvalue weighted by Crippen LogP contribution is 2.31. The van der Waals surface area contributed by atoms with Crippen molar-refractivity contribution in [3.63, 3.8) is 0 Å². The summed E-state index contributed by atoms with van der Waals surface area (Å²) in [5, 5.41) is 13.9. The van der Waals surface area contributed by atoms with E-state index in [-0.39, 0.29) is 5.57 Å². The van der Waals surface area contributed by atoms with E-state index < -0.39 is 5.91 Å². The molecule has 2 N–H and O–H groups in total. The molecule has 1 aliphatic heterocycles. The SMILES string of the molecule is Cc1nn(-c2ccccc2)c(N2CCCCC2)c1/C=C(/C#N)C(N)=O. The van der Waals surface area contributed by atoms with Crippen LogP contribution in [0.5, 0.6) is 0 Å². The lowest BCUT2D eigenvalue weighted by molar-refractivity contribution is -0.114. The number of nitriles is 1. The number of carbonyl (C=O) groups is 1. The standard InChI is InChI=1S/C19H21N5O/c1-14-17(12-15(13-20)18(21)25)19(23-10-6-3-7-11-23)24(22-14)16-8-4-2-5-9-16/h2,4-5,8-9,12H,3,6-7,10-11H2,1H3,(H2,21,25)/b15-12-. The fraction of sp³-hybridized carbons (Fsp3) is 0.316. The number of nitrogens with zero attached hydrogens (tertiary/aromatic N) is 4. The first-order chi connectivity index (χ1) is 12.1. The summed E-state index contributed by atoms with van der Waals surface area (Å²) >= 11 is 0. The number of aromatic nitrogens is 2. The molecule has 1 amide bonds. The quantitative estimate of drug-likeness (QED) is 0.687. The number of para-hydroxylation sites is 1. The van der Waals surface area contributed by atoms with Crippen molar-refractivity contribution in [3.8, 4) is 11.8 Å². The van der Waals surface area contributed by atoms with Crippen molar-refractivity contribution in [1.82, 2.24) is 9.78 Å². The monoisotopic (exact) mass is 335 g/mol. The van der Waals surface area contributed by atoms with Crippen molar-refractivity contribution in [2.24, 2.45) is 5.73 Å². The Hall–Kier alpha value is -3.07. The Kier molecular flexibility index (Phi) is 4.85. The van der Waals surface area contributed by atoms with Gasteiger partial charge in [0.15, 0.2) is 0 Å². The Balaban J connectivity index is 2.19. The molecule has 2 heterocycles. The highest BCUT2D eigenvalue weighted by atomic mass is 16.1. The van der Waals surface area contributed by atoms with Gasteiger partial charge in [-0.25, -0.2) is 4.68 Å². The van der Waals surface area contributed by atoms with Gasteiger partial charge >= 0.3 is 0 Å². The van der Waals surface area contributed by atoms with Crippen LogP contribution < -0.4 is 10.6 Å². The predicted octanol–water partition coefficient (Wildman–Crippen LogP) is 2.56. The summed E-state index contributed by atoms with van der Waals surface area (Å²) in [6.07, 6.45) is 5.01. The Morgan fingerprint density at radius 2 is 1.92 bits per heavy atom. The molecule has 0 unspecified atom stereocenters. The van der Waals surface area contributed by atoms with Crippen molar-refractivity contribution in [2.75, 3.05) is 18.0 Å². The van der Waals surface area contributed by atoms with Gasteiger partial charge in [-0.2, -0.15) is 10.4 Å². The third-order valence-electron chi connectivity index (χ3n) is 4.41. The molecule has 0 atom stereocenters. The summed E-state index contributed by atoms with van der Waals surface area (Å²) in [6.45, 7) is 3.74. The second-order valence-corrected chi connectivity index (χ2v) is 6.15. The Bertz CT molecular complexity index is 839. The Morgan fingerprint density at radius 1 is 1.24 bits per heavy atom. The molecule has 0 bridgehead atoms. The molecular weight excluding hydrogens is 314 g/mol. The molecule has 6 heteroatoms. The van der Waals surface area contributed by atoms with Crippen LogP contribution >= 0.6 is 0 Å². The number of rotatable bonds is 4. The second-order valence-electron chi connectivity index (χ2n) is 6.15. The largest absolute Gasteiger partial charge is 0.365 e. The molecular formula is C19H21N5O. The van der Waals surface area contributed by atoms with Crippen molar-refractivity contribution >= 4 is 17.8 Å². The number of primary amides is 1. The molecule has 2 aromatic rings. The van der Waals surface area contributed by atoms with Crippen LogP contribution in [0.4, 0.5) is 5.82 Å². The number of anilines is 1. The molecule has 0 radical (unpaired) electrons. The first kappa shape index (κ1) is 16.8. The minimum atomic E-state index is -0.723. The number of carbonyl (C=O) groups excluding carboxylic acids is 1. The summed E-state index contributed by atoms with van der Waals surface area (Å²) in [7, 11) is 0. The Labute approximate surface area is 147 Å². The highest BCUT2D eigenvalue weighted by molar-refractivity contribution is 6.01. The van der Waals surface area contributed by atoms with E-state index in [2.05, 4.69) is 10.00 Å². The summed E-state index contributed by atoms with van der Waals surface area (Å²) in [6, 6.07) is 11.8. The summed E-state index contributed by atoms with van der Waals surface area (Å²) in [5.74, 6) is 0.191. The van der Waals surface area contributed by atoms with Crippen molar-refractivity contribution in [2.45, 2.75) is 26.2 Å².